The number of amides is 1. The van der Waals surface area contributed by atoms with Crippen LogP contribution >= 0.6 is 11.6 Å². The molecule has 0 aliphatic rings. The van der Waals surface area contributed by atoms with E-state index < -0.39 is 0 Å². The van der Waals surface area contributed by atoms with Gasteiger partial charge in [-0.15, -0.1) is 0 Å². The minimum absolute atomic E-state index is 0.0134. The van der Waals surface area contributed by atoms with Crippen LogP contribution in [-0.4, -0.2) is 15.7 Å². The Kier molecular flexibility index (Phi) is 6.22. The number of nitrogens with one attached hydrogen (secondary N) is 1. The third kappa shape index (κ3) is 4.83. The molecule has 1 aromatic carbocycles. The fourth-order valence-electron chi connectivity index (χ4n) is 2.53. The standard InChI is InChI=1S/C18H24ClN3O/c1-4-13(3)14-6-8-15(9-7-14)17(5-2)21-18(23)12-22-11-16(19)10-20-22/h6-11,13,17H,4-5,12H2,1-3H3,(H,21,23). The molecule has 124 valence electrons. The van der Waals surface area contributed by atoms with Crippen molar-refractivity contribution < 1.29 is 4.79 Å². The van der Waals surface area contributed by atoms with Gasteiger partial charge in [0.15, 0.2) is 0 Å². The SMILES string of the molecule is CCC(C)c1ccc(C(CC)NC(=O)Cn2cc(Cl)cn2)cc1. The number of aromatic nitrogens is 2. The smallest absolute Gasteiger partial charge is 0.242 e. The first-order chi connectivity index (χ1) is 11.0. The van der Waals surface area contributed by atoms with Crippen LogP contribution in [0.2, 0.25) is 5.02 Å². The zero-order valence-corrected chi connectivity index (χ0v) is 14.7. The highest BCUT2D eigenvalue weighted by molar-refractivity contribution is 6.30. The van der Waals surface area contributed by atoms with Crippen LogP contribution in [0, 0.1) is 0 Å². The van der Waals surface area contributed by atoms with Gasteiger partial charge < -0.3 is 5.32 Å². The van der Waals surface area contributed by atoms with Crippen molar-refractivity contribution in [2.75, 3.05) is 0 Å². The highest BCUT2D eigenvalue weighted by atomic mass is 35.5. The Morgan fingerprint density at radius 2 is 1.87 bits per heavy atom. The maximum Gasteiger partial charge on any atom is 0.242 e. The highest BCUT2D eigenvalue weighted by Gasteiger charge is 2.14. The second-order valence-corrected chi connectivity index (χ2v) is 6.30. The molecular formula is C18H24ClN3O. The molecule has 2 rings (SSSR count). The van der Waals surface area contributed by atoms with E-state index in [1.807, 2.05) is 0 Å². The van der Waals surface area contributed by atoms with Gasteiger partial charge in [0, 0.05) is 6.20 Å². The summed E-state index contributed by atoms with van der Waals surface area (Å²) in [6.07, 6.45) is 5.14. The molecule has 0 saturated carbocycles. The Hall–Kier alpha value is -1.81. The summed E-state index contributed by atoms with van der Waals surface area (Å²) in [5.41, 5.74) is 2.47. The Morgan fingerprint density at radius 3 is 2.39 bits per heavy atom. The van der Waals surface area contributed by atoms with Gasteiger partial charge in [-0.1, -0.05) is 56.6 Å². The highest BCUT2D eigenvalue weighted by Crippen LogP contribution is 2.22. The molecule has 1 aromatic heterocycles. The molecule has 0 saturated heterocycles. The van der Waals surface area contributed by atoms with Gasteiger partial charge in [-0.05, 0) is 29.9 Å². The first-order valence-electron chi connectivity index (χ1n) is 8.10. The summed E-state index contributed by atoms with van der Waals surface area (Å²) in [5.74, 6) is 0.492. The lowest BCUT2D eigenvalue weighted by Gasteiger charge is -2.18. The number of rotatable bonds is 7. The Balaban J connectivity index is 2.00. The molecular weight excluding hydrogens is 310 g/mol. The molecule has 0 fully saturated rings. The van der Waals surface area contributed by atoms with E-state index in [-0.39, 0.29) is 18.5 Å². The van der Waals surface area contributed by atoms with E-state index in [9.17, 15) is 4.79 Å². The summed E-state index contributed by atoms with van der Waals surface area (Å²) in [6, 6.07) is 8.55. The molecule has 4 nitrogen and oxygen atoms in total. The average molecular weight is 334 g/mol. The van der Waals surface area contributed by atoms with Crippen LogP contribution < -0.4 is 5.32 Å². The number of halogens is 1. The summed E-state index contributed by atoms with van der Waals surface area (Å²) in [6.45, 7) is 6.66. The quantitative estimate of drug-likeness (QED) is 0.820. The molecule has 23 heavy (non-hydrogen) atoms. The van der Waals surface area contributed by atoms with Crippen LogP contribution in [0.3, 0.4) is 0 Å². The van der Waals surface area contributed by atoms with E-state index >= 15 is 0 Å². The first kappa shape index (κ1) is 17.5. The third-order valence-electron chi connectivity index (χ3n) is 4.17. The van der Waals surface area contributed by atoms with E-state index in [0.29, 0.717) is 10.9 Å². The maximum atomic E-state index is 12.2. The molecule has 1 N–H and O–H groups in total. The number of hydrogen-bond donors (Lipinski definition) is 1. The van der Waals surface area contributed by atoms with Crippen LogP contribution in [0.5, 0.6) is 0 Å². The zero-order chi connectivity index (χ0) is 16.8. The Bertz CT molecular complexity index is 636. The van der Waals surface area contributed by atoms with Crippen molar-refractivity contribution in [2.45, 2.75) is 52.1 Å². The number of hydrogen-bond acceptors (Lipinski definition) is 2. The van der Waals surface area contributed by atoms with Crippen molar-refractivity contribution in [3.05, 3.63) is 52.8 Å². The van der Waals surface area contributed by atoms with E-state index in [1.165, 1.54) is 16.4 Å². The number of nitrogens with zero attached hydrogens (tertiary/aromatic N) is 2. The minimum Gasteiger partial charge on any atom is -0.348 e. The topological polar surface area (TPSA) is 46.9 Å². The van der Waals surface area contributed by atoms with Crippen molar-refractivity contribution >= 4 is 17.5 Å². The van der Waals surface area contributed by atoms with Crippen LogP contribution in [-0.2, 0) is 11.3 Å². The van der Waals surface area contributed by atoms with E-state index in [2.05, 4.69) is 55.5 Å². The number of benzene rings is 1. The van der Waals surface area contributed by atoms with E-state index in [1.54, 1.807) is 6.20 Å². The molecule has 0 aliphatic carbocycles. The molecule has 2 aromatic rings. The molecule has 0 spiro atoms. The molecule has 0 radical (unpaired) electrons. The summed E-state index contributed by atoms with van der Waals surface area (Å²) in [7, 11) is 0. The lowest BCUT2D eigenvalue weighted by molar-refractivity contribution is -0.122. The van der Waals surface area contributed by atoms with Gasteiger partial charge in [0.1, 0.15) is 6.54 Å². The lowest BCUT2D eigenvalue weighted by atomic mass is 9.95. The number of carbonyl (C=O) groups excluding carboxylic acids is 1. The fourth-order valence-corrected chi connectivity index (χ4v) is 2.68. The average Bonchev–Trinajstić information content (AvgIpc) is 2.96. The van der Waals surface area contributed by atoms with Crippen molar-refractivity contribution in [1.82, 2.24) is 15.1 Å². The molecule has 0 bridgehead atoms. The second kappa shape index (κ2) is 8.16. The fraction of sp³-hybridized carbons (Fsp3) is 0.444. The molecule has 5 heteroatoms. The molecule has 0 aliphatic heterocycles. The van der Waals surface area contributed by atoms with E-state index in [0.717, 1.165) is 18.4 Å². The predicted octanol–water partition coefficient (Wildman–Crippen LogP) is 4.32. The Labute approximate surface area is 142 Å². The molecule has 2 atom stereocenters. The largest absolute Gasteiger partial charge is 0.348 e. The zero-order valence-electron chi connectivity index (χ0n) is 13.9. The van der Waals surface area contributed by atoms with Gasteiger partial charge >= 0.3 is 0 Å². The molecule has 2 unspecified atom stereocenters. The number of carbonyl (C=O) groups is 1. The second-order valence-electron chi connectivity index (χ2n) is 5.86. The summed E-state index contributed by atoms with van der Waals surface area (Å²) >= 11 is 5.81. The predicted molar refractivity (Wildman–Crippen MR) is 93.6 cm³/mol. The molecule has 1 amide bonds. The van der Waals surface area contributed by atoms with Gasteiger partial charge in [0.2, 0.25) is 5.91 Å². The van der Waals surface area contributed by atoms with Crippen LogP contribution in [0.15, 0.2) is 36.7 Å². The summed E-state index contributed by atoms with van der Waals surface area (Å²) < 4.78 is 1.54. The minimum atomic E-state index is -0.0670. The van der Waals surface area contributed by atoms with Crippen molar-refractivity contribution in [3.63, 3.8) is 0 Å². The lowest BCUT2D eigenvalue weighted by Crippen LogP contribution is -2.31. The van der Waals surface area contributed by atoms with Gasteiger partial charge in [0.25, 0.3) is 0 Å². The van der Waals surface area contributed by atoms with Crippen LogP contribution in [0.25, 0.3) is 0 Å². The maximum absolute atomic E-state index is 12.2. The van der Waals surface area contributed by atoms with Crippen molar-refractivity contribution in [3.8, 4) is 0 Å². The van der Waals surface area contributed by atoms with Gasteiger partial charge in [0.05, 0.1) is 17.3 Å². The summed E-state index contributed by atoms with van der Waals surface area (Å²) in [5, 5.41) is 7.62. The van der Waals surface area contributed by atoms with E-state index in [4.69, 9.17) is 11.6 Å². The van der Waals surface area contributed by atoms with Gasteiger partial charge in [-0.2, -0.15) is 5.10 Å². The van der Waals surface area contributed by atoms with Crippen molar-refractivity contribution in [2.24, 2.45) is 0 Å². The first-order valence-corrected chi connectivity index (χ1v) is 8.48. The normalized spacial score (nSPS) is 13.6. The Morgan fingerprint density at radius 1 is 1.22 bits per heavy atom. The van der Waals surface area contributed by atoms with Gasteiger partial charge in [-0.25, -0.2) is 0 Å². The summed E-state index contributed by atoms with van der Waals surface area (Å²) in [4.78, 5) is 12.2. The molecule has 1 heterocycles. The van der Waals surface area contributed by atoms with Crippen LogP contribution in [0.4, 0.5) is 0 Å². The monoisotopic (exact) mass is 333 g/mol. The van der Waals surface area contributed by atoms with Crippen LogP contribution in [0.1, 0.15) is 56.7 Å². The van der Waals surface area contributed by atoms with Crippen molar-refractivity contribution in [1.29, 1.82) is 0 Å². The third-order valence-corrected chi connectivity index (χ3v) is 4.37. The van der Waals surface area contributed by atoms with Gasteiger partial charge in [-0.3, -0.25) is 9.48 Å².